The molecule has 6 rings (SSSR count). The van der Waals surface area contributed by atoms with Gasteiger partial charge in [0, 0.05) is 35.4 Å². The van der Waals surface area contributed by atoms with Crippen molar-refractivity contribution in [2.45, 2.75) is 49.7 Å². The van der Waals surface area contributed by atoms with Gasteiger partial charge in [-0.1, -0.05) is 23.2 Å². The molecular weight excluding hydrogens is 487 g/mol. The molecule has 35 heavy (non-hydrogen) atoms. The van der Waals surface area contributed by atoms with Crippen molar-refractivity contribution < 1.29 is 14.6 Å². The van der Waals surface area contributed by atoms with E-state index in [0.29, 0.717) is 35.2 Å². The van der Waals surface area contributed by atoms with Gasteiger partial charge in [-0.05, 0) is 69.5 Å². The van der Waals surface area contributed by atoms with Crippen LogP contribution in [0.15, 0.2) is 36.7 Å². The predicted molar refractivity (Wildman–Crippen MR) is 137 cm³/mol. The first-order valence-electron chi connectivity index (χ1n) is 12.1. The number of nitrogens with one attached hydrogen (secondary N) is 1. The number of likely N-dealkylation sites (tertiary alicyclic amines) is 1. The number of carbonyl (C=O) groups is 1. The Labute approximate surface area is 214 Å². The fourth-order valence-corrected chi connectivity index (χ4v) is 6.42. The highest BCUT2D eigenvalue weighted by atomic mass is 35.5. The van der Waals surface area contributed by atoms with E-state index in [4.69, 9.17) is 27.9 Å². The number of hydrogen-bond acceptors (Lipinski definition) is 5. The second-order valence-electron chi connectivity index (χ2n) is 10.4. The first-order chi connectivity index (χ1) is 16.7. The summed E-state index contributed by atoms with van der Waals surface area (Å²) in [6, 6.07) is 9.62. The van der Waals surface area contributed by atoms with Gasteiger partial charge in [-0.2, -0.15) is 0 Å². The SMILES string of the molecule is CC1(O)CC(n2cnc3cc(OCCN4CCC5(CC4)C(=O)Nc4ccc(Cl)cc45)cc(Cl)c32)C1. The molecule has 0 atom stereocenters. The van der Waals surface area contributed by atoms with Crippen molar-refractivity contribution in [3.63, 3.8) is 0 Å². The predicted octanol–water partition coefficient (Wildman–Crippen LogP) is 4.79. The van der Waals surface area contributed by atoms with Gasteiger partial charge in [-0.15, -0.1) is 0 Å². The zero-order valence-corrected chi connectivity index (χ0v) is 21.1. The van der Waals surface area contributed by atoms with Crippen LogP contribution in [0.25, 0.3) is 11.0 Å². The van der Waals surface area contributed by atoms with Gasteiger partial charge in [0.15, 0.2) is 0 Å². The van der Waals surface area contributed by atoms with E-state index in [2.05, 4.69) is 19.8 Å². The largest absolute Gasteiger partial charge is 0.492 e. The number of halogens is 2. The third-order valence-electron chi connectivity index (χ3n) is 7.91. The van der Waals surface area contributed by atoms with Crippen LogP contribution in [0.4, 0.5) is 5.69 Å². The third-order valence-corrected chi connectivity index (χ3v) is 8.43. The lowest BCUT2D eigenvalue weighted by molar-refractivity contribution is -0.122. The summed E-state index contributed by atoms with van der Waals surface area (Å²) in [4.78, 5) is 19.7. The minimum Gasteiger partial charge on any atom is -0.492 e. The van der Waals surface area contributed by atoms with E-state index in [0.717, 1.165) is 54.8 Å². The topological polar surface area (TPSA) is 79.6 Å². The number of aliphatic hydroxyl groups is 1. The maximum Gasteiger partial charge on any atom is 0.235 e. The highest BCUT2D eigenvalue weighted by Crippen LogP contribution is 2.46. The molecule has 2 fully saturated rings. The molecule has 2 aromatic carbocycles. The van der Waals surface area contributed by atoms with Gasteiger partial charge in [0.1, 0.15) is 12.4 Å². The summed E-state index contributed by atoms with van der Waals surface area (Å²) < 4.78 is 8.10. The zero-order valence-electron chi connectivity index (χ0n) is 19.6. The molecule has 2 aliphatic heterocycles. The van der Waals surface area contributed by atoms with Gasteiger partial charge in [0.05, 0.1) is 33.4 Å². The molecule has 3 aliphatic rings. The fraction of sp³-hybridized carbons (Fsp3) is 0.462. The molecule has 7 nitrogen and oxygen atoms in total. The summed E-state index contributed by atoms with van der Waals surface area (Å²) in [6.45, 7) is 4.78. The summed E-state index contributed by atoms with van der Waals surface area (Å²) >= 11 is 12.8. The average Bonchev–Trinajstić information content (AvgIpc) is 3.33. The number of anilines is 1. The molecule has 1 saturated carbocycles. The number of piperidine rings is 1. The summed E-state index contributed by atoms with van der Waals surface area (Å²) in [5, 5.41) is 14.4. The first-order valence-corrected chi connectivity index (χ1v) is 12.8. The maximum atomic E-state index is 12.8. The zero-order chi connectivity index (χ0) is 24.4. The molecule has 3 aromatic rings. The summed E-state index contributed by atoms with van der Waals surface area (Å²) in [5.41, 5.74) is 2.50. The number of nitrogens with zero attached hydrogens (tertiary/aromatic N) is 3. The normalized spacial score (nSPS) is 25.5. The van der Waals surface area contributed by atoms with Crippen LogP contribution in [0.3, 0.4) is 0 Å². The Morgan fingerprint density at radius 2 is 1.97 bits per heavy atom. The van der Waals surface area contributed by atoms with Crippen LogP contribution < -0.4 is 10.1 Å². The van der Waals surface area contributed by atoms with E-state index in [1.54, 1.807) is 6.33 Å². The number of carbonyl (C=O) groups excluding carboxylic acids is 1. The highest BCUT2D eigenvalue weighted by Gasteiger charge is 2.48. The van der Waals surface area contributed by atoms with Crippen LogP contribution in [0.5, 0.6) is 5.75 Å². The molecule has 0 bridgehead atoms. The van der Waals surface area contributed by atoms with Crippen molar-refractivity contribution in [2.75, 3.05) is 31.6 Å². The van der Waals surface area contributed by atoms with E-state index in [1.165, 1.54) is 0 Å². The number of fused-ring (bicyclic) bond motifs is 3. The van der Waals surface area contributed by atoms with Crippen molar-refractivity contribution >= 4 is 45.8 Å². The van der Waals surface area contributed by atoms with E-state index in [1.807, 2.05) is 37.3 Å². The maximum absolute atomic E-state index is 12.8. The lowest BCUT2D eigenvalue weighted by Crippen LogP contribution is -2.47. The monoisotopic (exact) mass is 514 g/mol. The molecule has 1 amide bonds. The number of aromatic nitrogens is 2. The number of amides is 1. The molecule has 0 radical (unpaired) electrons. The average molecular weight is 515 g/mol. The Morgan fingerprint density at radius 3 is 2.71 bits per heavy atom. The van der Waals surface area contributed by atoms with Gasteiger partial charge in [-0.25, -0.2) is 4.98 Å². The standard InChI is InChI=1S/C26H28Cl2N4O3/c1-25(34)13-17(14-25)32-15-29-22-12-18(11-20(28)23(22)32)35-9-8-31-6-4-26(5-7-31)19-10-16(27)2-3-21(19)30-24(26)33/h2-3,10-12,15,17,34H,4-9,13-14H2,1H3,(H,30,33). The van der Waals surface area contributed by atoms with Crippen LogP contribution >= 0.6 is 23.2 Å². The van der Waals surface area contributed by atoms with Crippen molar-refractivity contribution in [1.82, 2.24) is 14.5 Å². The Balaban J connectivity index is 1.07. The van der Waals surface area contributed by atoms with E-state index in [9.17, 15) is 9.90 Å². The van der Waals surface area contributed by atoms with Crippen molar-refractivity contribution in [3.8, 4) is 5.75 Å². The molecule has 1 aliphatic carbocycles. The summed E-state index contributed by atoms with van der Waals surface area (Å²) in [7, 11) is 0. The summed E-state index contributed by atoms with van der Waals surface area (Å²) in [6.07, 6.45) is 4.72. The van der Waals surface area contributed by atoms with Gasteiger partial charge < -0.3 is 19.7 Å². The fourth-order valence-electron chi connectivity index (χ4n) is 5.94. The smallest absolute Gasteiger partial charge is 0.235 e. The molecule has 3 heterocycles. The molecule has 1 aromatic heterocycles. The van der Waals surface area contributed by atoms with E-state index in [-0.39, 0.29) is 11.9 Å². The highest BCUT2D eigenvalue weighted by molar-refractivity contribution is 6.35. The second-order valence-corrected chi connectivity index (χ2v) is 11.2. The van der Waals surface area contributed by atoms with Crippen molar-refractivity contribution in [1.29, 1.82) is 0 Å². The number of ether oxygens (including phenoxy) is 1. The van der Waals surface area contributed by atoms with Crippen LogP contribution in [0, 0.1) is 0 Å². The lowest BCUT2D eigenvalue weighted by atomic mass is 9.73. The summed E-state index contributed by atoms with van der Waals surface area (Å²) in [5.74, 6) is 0.777. The first kappa shape index (κ1) is 23.1. The molecule has 184 valence electrons. The Morgan fingerprint density at radius 1 is 1.20 bits per heavy atom. The molecule has 0 unspecified atom stereocenters. The number of hydrogen-bond donors (Lipinski definition) is 2. The third kappa shape index (κ3) is 3.99. The minimum absolute atomic E-state index is 0.0820. The molecule has 9 heteroatoms. The quantitative estimate of drug-likeness (QED) is 0.511. The van der Waals surface area contributed by atoms with E-state index >= 15 is 0 Å². The molecule has 2 N–H and O–H groups in total. The van der Waals surface area contributed by atoms with Crippen molar-refractivity contribution in [3.05, 3.63) is 52.3 Å². The second kappa shape index (κ2) is 8.37. The Bertz CT molecular complexity index is 1310. The minimum atomic E-state index is -0.608. The van der Waals surface area contributed by atoms with Crippen LogP contribution in [-0.2, 0) is 10.2 Å². The van der Waals surface area contributed by atoms with Gasteiger partial charge in [0.25, 0.3) is 0 Å². The Kier molecular flexibility index (Phi) is 5.53. The number of imidazole rings is 1. The van der Waals surface area contributed by atoms with Gasteiger partial charge >= 0.3 is 0 Å². The van der Waals surface area contributed by atoms with Gasteiger partial charge in [-0.3, -0.25) is 9.69 Å². The number of benzene rings is 2. The van der Waals surface area contributed by atoms with Crippen LogP contribution in [0.1, 0.15) is 44.2 Å². The van der Waals surface area contributed by atoms with Crippen molar-refractivity contribution in [2.24, 2.45) is 0 Å². The van der Waals surface area contributed by atoms with Gasteiger partial charge in [0.2, 0.25) is 5.91 Å². The molecule has 1 saturated heterocycles. The molecular formula is C26H28Cl2N4O3. The van der Waals surface area contributed by atoms with Crippen LogP contribution in [-0.4, -0.2) is 57.3 Å². The van der Waals surface area contributed by atoms with E-state index < -0.39 is 11.0 Å². The van der Waals surface area contributed by atoms with Crippen LogP contribution in [0.2, 0.25) is 10.0 Å². The lowest BCUT2D eigenvalue weighted by Gasteiger charge is -2.41. The molecule has 1 spiro atoms. The number of rotatable bonds is 5. The Hall–Kier alpha value is -2.32.